The Kier molecular flexibility index (Phi) is 4.49. The highest BCUT2D eigenvalue weighted by atomic mass is 32.2. The highest BCUT2D eigenvalue weighted by Gasteiger charge is 2.15. The zero-order valence-corrected chi connectivity index (χ0v) is 13.7. The van der Waals surface area contributed by atoms with E-state index >= 15 is 0 Å². The number of aromatic nitrogens is 1. The van der Waals surface area contributed by atoms with Crippen LogP contribution in [0.25, 0.3) is 17.0 Å². The summed E-state index contributed by atoms with van der Waals surface area (Å²) in [5, 5.41) is 2.68. The Balaban J connectivity index is 1.98. The highest BCUT2D eigenvalue weighted by Crippen LogP contribution is 2.24. The molecule has 0 atom stereocenters. The molecule has 1 aromatic heterocycles. The molecule has 21 heavy (non-hydrogen) atoms. The Bertz CT molecular complexity index is 657. The van der Waals surface area contributed by atoms with Gasteiger partial charge in [-0.25, -0.2) is 0 Å². The lowest BCUT2D eigenvalue weighted by atomic mass is 10.1. The summed E-state index contributed by atoms with van der Waals surface area (Å²) in [6, 6.07) is 13.0. The summed E-state index contributed by atoms with van der Waals surface area (Å²) in [7, 11) is 2.16. The molecule has 3 rings (SSSR count). The van der Waals surface area contributed by atoms with E-state index in [2.05, 4.69) is 65.2 Å². The second kappa shape index (κ2) is 6.52. The molecule has 0 amide bonds. The van der Waals surface area contributed by atoms with Crippen molar-refractivity contribution in [2.75, 3.05) is 19.3 Å². The monoisotopic (exact) mass is 299 g/mol. The molecule has 2 aromatic rings. The smallest absolute Gasteiger partial charge is 0.212 e. The summed E-state index contributed by atoms with van der Waals surface area (Å²) >= 11 is 1.86. The lowest BCUT2D eigenvalue weighted by Gasteiger charge is -2.29. The molecule has 0 spiro atoms. The Morgan fingerprint density at radius 2 is 1.86 bits per heavy atom. The number of hydrogen-bond donors (Lipinski definition) is 0. The number of fused-ring (bicyclic) bond motifs is 1. The molecule has 0 radical (unpaired) electrons. The fourth-order valence-corrected chi connectivity index (χ4v) is 3.70. The van der Waals surface area contributed by atoms with Crippen molar-refractivity contribution in [3.8, 4) is 0 Å². The third-order valence-electron chi connectivity index (χ3n) is 4.27. The van der Waals surface area contributed by atoms with Crippen molar-refractivity contribution in [2.45, 2.75) is 19.3 Å². The van der Waals surface area contributed by atoms with Gasteiger partial charge in [0.15, 0.2) is 0 Å². The van der Waals surface area contributed by atoms with E-state index in [-0.39, 0.29) is 0 Å². The number of likely N-dealkylation sites (tertiary alicyclic amines) is 1. The van der Waals surface area contributed by atoms with Gasteiger partial charge in [-0.1, -0.05) is 12.1 Å². The van der Waals surface area contributed by atoms with Crippen molar-refractivity contribution in [1.82, 2.24) is 4.90 Å². The fraction of sp³-hybridized carbons (Fsp3) is 0.389. The third kappa shape index (κ3) is 3.08. The Labute approximate surface area is 131 Å². The summed E-state index contributed by atoms with van der Waals surface area (Å²) < 4.78 is 2.29. The Morgan fingerprint density at radius 1 is 1.10 bits per heavy atom. The molecule has 2 nitrogen and oxygen atoms in total. The minimum atomic E-state index is 1.20. The average Bonchev–Trinajstić information content (AvgIpc) is 2.55. The zero-order chi connectivity index (χ0) is 14.7. The van der Waals surface area contributed by atoms with Gasteiger partial charge < -0.3 is 4.90 Å². The van der Waals surface area contributed by atoms with E-state index in [4.69, 9.17) is 0 Å². The lowest BCUT2D eigenvalue weighted by molar-refractivity contribution is -0.646. The summed E-state index contributed by atoms with van der Waals surface area (Å²) in [6.45, 7) is 2.40. The number of benzene rings is 1. The largest absolute Gasteiger partial charge is 0.366 e. The quantitative estimate of drug-likeness (QED) is 0.796. The summed E-state index contributed by atoms with van der Waals surface area (Å²) in [6.07, 6.45) is 8.54. The number of pyridine rings is 1. The third-order valence-corrected chi connectivity index (χ3v) is 5.06. The number of piperidine rings is 1. The van der Waals surface area contributed by atoms with Crippen molar-refractivity contribution in [1.29, 1.82) is 0 Å². The Morgan fingerprint density at radius 3 is 2.62 bits per heavy atom. The van der Waals surface area contributed by atoms with Crippen molar-refractivity contribution in [3.63, 3.8) is 0 Å². The van der Waals surface area contributed by atoms with Crippen molar-refractivity contribution >= 4 is 28.7 Å². The second-order valence-electron chi connectivity index (χ2n) is 5.61. The first-order valence-corrected chi connectivity index (χ1v) is 8.90. The van der Waals surface area contributed by atoms with Crippen LogP contribution >= 0.6 is 11.8 Å². The van der Waals surface area contributed by atoms with Crippen LogP contribution in [0, 0.1) is 0 Å². The summed E-state index contributed by atoms with van der Waals surface area (Å²) in [5.41, 5.74) is 2.55. The number of rotatable bonds is 3. The van der Waals surface area contributed by atoms with Crippen molar-refractivity contribution in [2.24, 2.45) is 7.05 Å². The van der Waals surface area contributed by atoms with Crippen LogP contribution in [-0.4, -0.2) is 24.2 Å². The fourth-order valence-electron chi connectivity index (χ4n) is 3.03. The summed E-state index contributed by atoms with van der Waals surface area (Å²) in [4.78, 5) is 2.53. The predicted octanol–water partition coefficient (Wildman–Crippen LogP) is 3.81. The normalized spacial score (nSPS) is 16.5. The van der Waals surface area contributed by atoms with Gasteiger partial charge in [0, 0.05) is 36.7 Å². The van der Waals surface area contributed by atoms with E-state index < -0.39 is 0 Å². The molecule has 1 aliphatic heterocycles. The molecule has 1 aliphatic rings. The van der Waals surface area contributed by atoms with Gasteiger partial charge in [-0.15, -0.1) is 11.8 Å². The number of para-hydroxylation sites is 1. The van der Waals surface area contributed by atoms with Crippen LogP contribution in [0.3, 0.4) is 0 Å². The minimum absolute atomic E-state index is 1.20. The predicted molar refractivity (Wildman–Crippen MR) is 92.0 cm³/mol. The van der Waals surface area contributed by atoms with E-state index in [1.807, 2.05) is 11.8 Å². The minimum Gasteiger partial charge on any atom is -0.366 e. The first kappa shape index (κ1) is 14.5. The molecule has 0 aliphatic carbocycles. The molecular formula is C18H23N2S+. The SMILES string of the molecule is CS/C(=C\c1ccc2ccccc2[n+]1C)N1CCCCC1. The standard InChI is InChI=1S/C18H23N2S/c1-19-16(11-10-15-8-4-5-9-17(15)19)14-18(21-2)20-12-6-3-7-13-20/h4-5,8-11,14H,3,6-7,12-13H2,1-2H3/q+1. The number of nitrogens with zero attached hydrogens (tertiary/aromatic N) is 2. The molecular weight excluding hydrogens is 276 g/mol. The molecule has 1 fully saturated rings. The number of aryl methyl sites for hydroxylation is 1. The van der Waals surface area contributed by atoms with E-state index in [1.54, 1.807) is 0 Å². The van der Waals surface area contributed by atoms with E-state index in [1.165, 1.54) is 54.0 Å². The molecule has 2 heterocycles. The first-order chi connectivity index (χ1) is 10.3. The maximum atomic E-state index is 2.53. The lowest BCUT2D eigenvalue weighted by Crippen LogP contribution is -2.33. The van der Waals surface area contributed by atoms with Crippen LogP contribution in [-0.2, 0) is 7.05 Å². The van der Waals surface area contributed by atoms with Crippen molar-refractivity contribution < 1.29 is 4.57 Å². The van der Waals surface area contributed by atoms with Crippen LogP contribution in [0.5, 0.6) is 0 Å². The molecule has 0 saturated carbocycles. The first-order valence-electron chi connectivity index (χ1n) is 7.68. The van der Waals surface area contributed by atoms with E-state index in [0.29, 0.717) is 0 Å². The number of hydrogen-bond acceptors (Lipinski definition) is 2. The maximum Gasteiger partial charge on any atom is 0.212 e. The van der Waals surface area contributed by atoms with Gasteiger partial charge in [-0.05, 0) is 37.7 Å². The molecule has 3 heteroatoms. The van der Waals surface area contributed by atoms with Crippen LogP contribution in [0.2, 0.25) is 0 Å². The molecule has 0 unspecified atom stereocenters. The molecule has 1 aromatic carbocycles. The van der Waals surface area contributed by atoms with Crippen LogP contribution < -0.4 is 4.57 Å². The second-order valence-corrected chi connectivity index (χ2v) is 6.44. The Hall–Kier alpha value is -1.48. The van der Waals surface area contributed by atoms with Gasteiger partial charge in [0.25, 0.3) is 0 Å². The van der Waals surface area contributed by atoms with Crippen LogP contribution in [0.1, 0.15) is 25.0 Å². The van der Waals surface area contributed by atoms with Gasteiger partial charge in [0.1, 0.15) is 7.05 Å². The van der Waals surface area contributed by atoms with E-state index in [0.717, 1.165) is 0 Å². The zero-order valence-electron chi connectivity index (χ0n) is 12.9. The van der Waals surface area contributed by atoms with Crippen LogP contribution in [0.4, 0.5) is 0 Å². The highest BCUT2D eigenvalue weighted by molar-refractivity contribution is 8.02. The number of thioether (sulfide) groups is 1. The maximum absolute atomic E-state index is 2.53. The molecule has 0 bridgehead atoms. The van der Waals surface area contributed by atoms with E-state index in [9.17, 15) is 0 Å². The van der Waals surface area contributed by atoms with Gasteiger partial charge in [0.05, 0.1) is 5.03 Å². The van der Waals surface area contributed by atoms with Gasteiger partial charge in [-0.3, -0.25) is 0 Å². The van der Waals surface area contributed by atoms with Crippen molar-refractivity contribution in [3.05, 3.63) is 47.1 Å². The topological polar surface area (TPSA) is 7.12 Å². The van der Waals surface area contributed by atoms with Gasteiger partial charge in [0.2, 0.25) is 11.2 Å². The van der Waals surface area contributed by atoms with Crippen LogP contribution in [0.15, 0.2) is 41.4 Å². The van der Waals surface area contributed by atoms with Gasteiger partial charge >= 0.3 is 0 Å². The molecule has 110 valence electrons. The molecule has 1 saturated heterocycles. The molecule has 0 N–H and O–H groups in total. The average molecular weight is 299 g/mol. The van der Waals surface area contributed by atoms with Gasteiger partial charge in [-0.2, -0.15) is 4.57 Å². The summed E-state index contributed by atoms with van der Waals surface area (Å²) in [5.74, 6) is 0.